The second kappa shape index (κ2) is 7.76. The standard InChI is InChI=1S/C15H24N2O5S/c18-23(19,16-6-10-21-12-13-5-9-20-11-13)17-7-1-3-14(17)15-4-2-8-22-15/h2,4,8,13-14,16H,1,3,5-7,9-12H2/t13-,14-/m0/s1. The number of rotatable bonds is 8. The first-order chi connectivity index (χ1) is 11.2. The van der Waals surface area contributed by atoms with Crippen molar-refractivity contribution in [2.24, 2.45) is 5.92 Å². The van der Waals surface area contributed by atoms with E-state index in [1.165, 1.54) is 4.31 Å². The Labute approximate surface area is 137 Å². The zero-order valence-electron chi connectivity index (χ0n) is 13.1. The third kappa shape index (κ3) is 4.33. The molecular formula is C15H24N2O5S. The summed E-state index contributed by atoms with van der Waals surface area (Å²) < 4.78 is 45.2. The lowest BCUT2D eigenvalue weighted by atomic mass is 10.1. The van der Waals surface area contributed by atoms with Gasteiger partial charge in [0.1, 0.15) is 5.76 Å². The minimum absolute atomic E-state index is 0.209. The minimum atomic E-state index is -3.52. The Bertz CT molecular complexity index is 569. The molecule has 0 unspecified atom stereocenters. The molecule has 23 heavy (non-hydrogen) atoms. The molecule has 0 radical (unpaired) electrons. The molecule has 0 spiro atoms. The topological polar surface area (TPSA) is 81.0 Å². The monoisotopic (exact) mass is 344 g/mol. The Morgan fingerprint density at radius 3 is 3.04 bits per heavy atom. The highest BCUT2D eigenvalue weighted by molar-refractivity contribution is 7.87. The molecule has 2 fully saturated rings. The van der Waals surface area contributed by atoms with Crippen LogP contribution in [-0.2, 0) is 19.7 Å². The summed E-state index contributed by atoms with van der Waals surface area (Å²) in [5.74, 6) is 1.14. The molecule has 0 aliphatic carbocycles. The van der Waals surface area contributed by atoms with Crippen LogP contribution in [0.4, 0.5) is 0 Å². The predicted octanol–water partition coefficient (Wildman–Crippen LogP) is 1.30. The first-order valence-electron chi connectivity index (χ1n) is 8.12. The lowest BCUT2D eigenvalue weighted by Crippen LogP contribution is -2.41. The summed E-state index contributed by atoms with van der Waals surface area (Å²) in [6, 6.07) is 3.40. The maximum absolute atomic E-state index is 12.5. The summed E-state index contributed by atoms with van der Waals surface area (Å²) in [6.07, 6.45) is 4.22. The molecule has 3 rings (SSSR count). The van der Waals surface area contributed by atoms with Gasteiger partial charge in [0.05, 0.1) is 32.1 Å². The quantitative estimate of drug-likeness (QED) is 0.719. The van der Waals surface area contributed by atoms with Crippen molar-refractivity contribution in [2.45, 2.75) is 25.3 Å². The van der Waals surface area contributed by atoms with Crippen molar-refractivity contribution in [2.75, 3.05) is 39.5 Å². The molecule has 130 valence electrons. The summed E-state index contributed by atoms with van der Waals surface area (Å²) in [4.78, 5) is 0. The van der Waals surface area contributed by atoms with E-state index in [0.29, 0.717) is 31.4 Å². The second-order valence-electron chi connectivity index (χ2n) is 5.99. The fraction of sp³-hybridized carbons (Fsp3) is 0.733. The maximum Gasteiger partial charge on any atom is 0.280 e. The Hall–Kier alpha value is -0.930. The predicted molar refractivity (Wildman–Crippen MR) is 84.1 cm³/mol. The summed E-state index contributed by atoms with van der Waals surface area (Å²) in [6.45, 7) is 3.32. The van der Waals surface area contributed by atoms with E-state index < -0.39 is 10.2 Å². The first kappa shape index (κ1) is 16.9. The molecule has 1 aromatic rings. The summed E-state index contributed by atoms with van der Waals surface area (Å²) in [5, 5.41) is 0. The van der Waals surface area contributed by atoms with Gasteiger partial charge in [-0.3, -0.25) is 0 Å². The van der Waals surface area contributed by atoms with Crippen LogP contribution in [0.2, 0.25) is 0 Å². The van der Waals surface area contributed by atoms with E-state index in [1.54, 1.807) is 12.3 Å². The molecule has 2 aliphatic rings. The van der Waals surface area contributed by atoms with Crippen molar-refractivity contribution >= 4 is 10.2 Å². The number of furan rings is 1. The SMILES string of the molecule is O=S(=O)(NCCOC[C@H]1CCOC1)N1CCC[C@H]1c1ccco1. The second-order valence-corrected chi connectivity index (χ2v) is 7.70. The average Bonchev–Trinajstić information content (AvgIpc) is 3.27. The van der Waals surface area contributed by atoms with E-state index in [9.17, 15) is 8.42 Å². The smallest absolute Gasteiger partial charge is 0.280 e. The van der Waals surface area contributed by atoms with Crippen LogP contribution in [0.3, 0.4) is 0 Å². The highest BCUT2D eigenvalue weighted by Crippen LogP contribution is 2.33. The maximum atomic E-state index is 12.5. The van der Waals surface area contributed by atoms with Crippen LogP contribution in [0.1, 0.15) is 31.1 Å². The van der Waals surface area contributed by atoms with Gasteiger partial charge in [-0.25, -0.2) is 0 Å². The van der Waals surface area contributed by atoms with Gasteiger partial charge in [0.2, 0.25) is 0 Å². The molecule has 1 N–H and O–H groups in total. The molecule has 0 bridgehead atoms. The molecule has 2 saturated heterocycles. The molecule has 2 atom stereocenters. The highest BCUT2D eigenvalue weighted by atomic mass is 32.2. The van der Waals surface area contributed by atoms with Crippen LogP contribution < -0.4 is 4.72 Å². The summed E-state index contributed by atoms with van der Waals surface area (Å²) >= 11 is 0. The Morgan fingerprint density at radius 1 is 1.39 bits per heavy atom. The van der Waals surface area contributed by atoms with Crippen LogP contribution in [0.5, 0.6) is 0 Å². The number of nitrogens with one attached hydrogen (secondary N) is 1. The molecule has 0 saturated carbocycles. The number of ether oxygens (including phenoxy) is 2. The van der Waals surface area contributed by atoms with Crippen molar-refractivity contribution in [3.63, 3.8) is 0 Å². The van der Waals surface area contributed by atoms with Gasteiger partial charge >= 0.3 is 0 Å². The van der Waals surface area contributed by atoms with Crippen LogP contribution in [0.15, 0.2) is 22.8 Å². The number of hydrogen-bond acceptors (Lipinski definition) is 5. The van der Waals surface area contributed by atoms with E-state index in [-0.39, 0.29) is 12.6 Å². The van der Waals surface area contributed by atoms with E-state index in [1.807, 2.05) is 6.07 Å². The third-order valence-electron chi connectivity index (χ3n) is 4.29. The molecule has 7 nitrogen and oxygen atoms in total. The molecule has 0 aromatic carbocycles. The Kier molecular flexibility index (Phi) is 5.71. The Balaban J connectivity index is 1.44. The molecule has 0 amide bonds. The fourth-order valence-electron chi connectivity index (χ4n) is 3.08. The largest absolute Gasteiger partial charge is 0.468 e. The van der Waals surface area contributed by atoms with Gasteiger partial charge in [-0.1, -0.05) is 0 Å². The lowest BCUT2D eigenvalue weighted by Gasteiger charge is -2.22. The molecule has 3 heterocycles. The van der Waals surface area contributed by atoms with Gasteiger partial charge in [-0.15, -0.1) is 0 Å². The zero-order valence-corrected chi connectivity index (χ0v) is 14.0. The third-order valence-corrected chi connectivity index (χ3v) is 5.92. The fourth-order valence-corrected chi connectivity index (χ4v) is 4.50. The van der Waals surface area contributed by atoms with Crippen molar-refractivity contribution in [3.8, 4) is 0 Å². The minimum Gasteiger partial charge on any atom is -0.468 e. The van der Waals surface area contributed by atoms with E-state index in [0.717, 1.165) is 32.5 Å². The molecular weight excluding hydrogens is 320 g/mol. The average molecular weight is 344 g/mol. The number of hydrogen-bond donors (Lipinski definition) is 1. The van der Waals surface area contributed by atoms with Gasteiger partial charge in [-0.2, -0.15) is 17.4 Å². The first-order valence-corrected chi connectivity index (χ1v) is 9.56. The van der Waals surface area contributed by atoms with Crippen LogP contribution in [-0.4, -0.2) is 52.2 Å². The van der Waals surface area contributed by atoms with Gasteiger partial charge < -0.3 is 13.9 Å². The van der Waals surface area contributed by atoms with Crippen molar-refractivity contribution < 1.29 is 22.3 Å². The highest BCUT2D eigenvalue weighted by Gasteiger charge is 2.36. The molecule has 1 aromatic heterocycles. The Morgan fingerprint density at radius 2 is 2.30 bits per heavy atom. The lowest BCUT2D eigenvalue weighted by molar-refractivity contribution is 0.0933. The van der Waals surface area contributed by atoms with Crippen LogP contribution in [0.25, 0.3) is 0 Å². The van der Waals surface area contributed by atoms with Crippen molar-refractivity contribution in [1.82, 2.24) is 9.03 Å². The van der Waals surface area contributed by atoms with Gasteiger partial charge in [0.25, 0.3) is 10.2 Å². The van der Waals surface area contributed by atoms with Gasteiger partial charge in [0, 0.05) is 25.6 Å². The zero-order chi connectivity index (χ0) is 16.1. The van der Waals surface area contributed by atoms with Crippen molar-refractivity contribution in [1.29, 1.82) is 0 Å². The van der Waals surface area contributed by atoms with Gasteiger partial charge in [-0.05, 0) is 31.4 Å². The summed E-state index contributed by atoms with van der Waals surface area (Å²) in [7, 11) is -3.52. The summed E-state index contributed by atoms with van der Waals surface area (Å²) in [5.41, 5.74) is 0. The van der Waals surface area contributed by atoms with Gasteiger partial charge in [0.15, 0.2) is 0 Å². The normalized spacial score (nSPS) is 26.1. The molecule has 8 heteroatoms. The molecule has 2 aliphatic heterocycles. The van der Waals surface area contributed by atoms with Crippen molar-refractivity contribution in [3.05, 3.63) is 24.2 Å². The van der Waals surface area contributed by atoms with E-state index in [4.69, 9.17) is 13.9 Å². The van der Waals surface area contributed by atoms with Crippen LogP contribution >= 0.6 is 0 Å². The number of nitrogens with zero attached hydrogens (tertiary/aromatic N) is 1. The van der Waals surface area contributed by atoms with E-state index >= 15 is 0 Å². The van der Waals surface area contributed by atoms with Crippen LogP contribution in [0, 0.1) is 5.92 Å². The van der Waals surface area contributed by atoms with E-state index in [2.05, 4.69) is 4.72 Å².